The SMILES string of the molecule is CCOC(=O)[C@H]1[C@@H]2O[C@@]3(CC2Br)[C@@H]1C(=O)N(CCCO)[C@@H]3C(=O)Nc1c(C)cccc1Cl. The van der Waals surface area contributed by atoms with Crippen molar-refractivity contribution in [2.45, 2.75) is 49.3 Å². The molecule has 3 fully saturated rings. The molecular formula is C22H26BrClN2O6. The first-order valence-electron chi connectivity index (χ1n) is 10.7. The Labute approximate surface area is 199 Å². The van der Waals surface area contributed by atoms with Crippen molar-refractivity contribution >= 4 is 51.0 Å². The molecule has 0 radical (unpaired) electrons. The number of hydrogen-bond acceptors (Lipinski definition) is 6. The molecule has 3 aliphatic heterocycles. The summed E-state index contributed by atoms with van der Waals surface area (Å²) in [6.45, 7) is 3.76. The number of fused-ring (bicyclic) bond motifs is 1. The zero-order valence-corrected chi connectivity index (χ0v) is 20.2. The van der Waals surface area contributed by atoms with Crippen molar-refractivity contribution in [3.63, 3.8) is 0 Å². The highest BCUT2D eigenvalue weighted by molar-refractivity contribution is 9.09. The van der Waals surface area contributed by atoms with E-state index in [2.05, 4.69) is 21.2 Å². The number of ether oxygens (including phenoxy) is 2. The maximum Gasteiger partial charge on any atom is 0.312 e. The molecule has 1 unspecified atom stereocenters. The Hall–Kier alpha value is -1.68. The van der Waals surface area contributed by atoms with E-state index in [4.69, 9.17) is 21.1 Å². The third-order valence-electron chi connectivity index (χ3n) is 6.62. The summed E-state index contributed by atoms with van der Waals surface area (Å²) in [6.07, 6.45) is 0.147. The largest absolute Gasteiger partial charge is 0.466 e. The van der Waals surface area contributed by atoms with Crippen molar-refractivity contribution in [3.05, 3.63) is 28.8 Å². The van der Waals surface area contributed by atoms with Gasteiger partial charge in [-0.15, -0.1) is 0 Å². The number of benzene rings is 1. The molecule has 3 saturated heterocycles. The number of nitrogens with zero attached hydrogens (tertiary/aromatic N) is 1. The van der Waals surface area contributed by atoms with Crippen LogP contribution in [0.5, 0.6) is 0 Å². The van der Waals surface area contributed by atoms with Crippen molar-refractivity contribution in [1.82, 2.24) is 4.90 Å². The zero-order valence-electron chi connectivity index (χ0n) is 17.8. The van der Waals surface area contributed by atoms with Crippen LogP contribution in [0.15, 0.2) is 18.2 Å². The Bertz CT molecular complexity index is 925. The van der Waals surface area contributed by atoms with Gasteiger partial charge in [0, 0.05) is 18.0 Å². The Morgan fingerprint density at radius 3 is 2.84 bits per heavy atom. The Morgan fingerprint density at radius 2 is 2.19 bits per heavy atom. The summed E-state index contributed by atoms with van der Waals surface area (Å²) in [5.41, 5.74) is 0.0891. The molecule has 4 rings (SSSR count). The predicted molar refractivity (Wildman–Crippen MR) is 121 cm³/mol. The third-order valence-corrected chi connectivity index (χ3v) is 7.78. The molecule has 3 heterocycles. The first-order chi connectivity index (χ1) is 15.3. The van der Waals surface area contributed by atoms with E-state index in [1.165, 1.54) is 4.90 Å². The summed E-state index contributed by atoms with van der Waals surface area (Å²) in [4.78, 5) is 41.2. The molecule has 2 N–H and O–H groups in total. The van der Waals surface area contributed by atoms with Crippen LogP contribution in [0.2, 0.25) is 5.02 Å². The zero-order chi connectivity index (χ0) is 23.2. The van der Waals surface area contributed by atoms with Gasteiger partial charge in [-0.25, -0.2) is 0 Å². The molecule has 10 heteroatoms. The number of alkyl halides is 1. The van der Waals surface area contributed by atoms with Crippen LogP contribution >= 0.6 is 27.5 Å². The van der Waals surface area contributed by atoms with Crippen LogP contribution in [0.3, 0.4) is 0 Å². The molecule has 2 bridgehead atoms. The van der Waals surface area contributed by atoms with E-state index in [9.17, 15) is 19.5 Å². The van der Waals surface area contributed by atoms with E-state index < -0.39 is 41.5 Å². The average Bonchev–Trinajstić information content (AvgIpc) is 3.33. The second-order valence-corrected chi connectivity index (χ2v) is 10.0. The summed E-state index contributed by atoms with van der Waals surface area (Å²) in [7, 11) is 0. The van der Waals surface area contributed by atoms with Gasteiger partial charge >= 0.3 is 5.97 Å². The first-order valence-corrected chi connectivity index (χ1v) is 12.0. The lowest BCUT2D eigenvalue weighted by Crippen LogP contribution is -2.54. The van der Waals surface area contributed by atoms with Gasteiger partial charge in [0.2, 0.25) is 11.8 Å². The number of aliphatic hydroxyl groups excluding tert-OH is 1. The minimum atomic E-state index is -1.16. The van der Waals surface area contributed by atoms with E-state index in [-0.39, 0.29) is 30.5 Å². The smallest absolute Gasteiger partial charge is 0.312 e. The van der Waals surface area contributed by atoms with Crippen LogP contribution < -0.4 is 5.32 Å². The second-order valence-electron chi connectivity index (χ2n) is 8.45. The molecule has 32 heavy (non-hydrogen) atoms. The number of aryl methyl sites for hydroxylation is 1. The van der Waals surface area contributed by atoms with Gasteiger partial charge in [-0.2, -0.15) is 0 Å². The lowest BCUT2D eigenvalue weighted by molar-refractivity contribution is -0.154. The molecule has 1 spiro atoms. The standard InChI is InChI=1S/C22H26BrClN2O6/c1-3-31-21(30)14-15-20(29)26(8-5-9-27)18(22(15)10-12(23)17(14)32-22)19(28)25-16-11(2)6-4-7-13(16)24/h4,6-7,12,14-15,17-18,27H,3,5,8-10H2,1-2H3,(H,25,28)/t12?,14-,15+,17-,18-,22+/m1/s1. The molecule has 6 atom stereocenters. The second kappa shape index (κ2) is 8.93. The normalized spacial score (nSPS) is 32.8. The summed E-state index contributed by atoms with van der Waals surface area (Å²) >= 11 is 9.90. The quantitative estimate of drug-likeness (QED) is 0.415. The highest BCUT2D eigenvalue weighted by Crippen LogP contribution is 2.60. The van der Waals surface area contributed by atoms with Gasteiger partial charge in [0.15, 0.2) is 0 Å². The Morgan fingerprint density at radius 1 is 1.44 bits per heavy atom. The van der Waals surface area contributed by atoms with E-state index in [0.29, 0.717) is 23.6 Å². The number of anilines is 1. The highest BCUT2D eigenvalue weighted by Gasteiger charge is 2.76. The molecular weight excluding hydrogens is 504 g/mol. The van der Waals surface area contributed by atoms with E-state index in [1.54, 1.807) is 19.1 Å². The number of likely N-dealkylation sites (tertiary alicyclic amines) is 1. The number of esters is 1. The molecule has 1 aromatic rings. The van der Waals surface area contributed by atoms with E-state index in [0.717, 1.165) is 5.56 Å². The van der Waals surface area contributed by atoms with Crippen LogP contribution in [0, 0.1) is 18.8 Å². The number of amides is 2. The lowest BCUT2D eigenvalue weighted by Gasteiger charge is -2.34. The summed E-state index contributed by atoms with van der Waals surface area (Å²) in [5, 5.41) is 12.6. The van der Waals surface area contributed by atoms with E-state index >= 15 is 0 Å². The number of halogens is 2. The minimum Gasteiger partial charge on any atom is -0.466 e. The van der Waals surface area contributed by atoms with Gasteiger partial charge in [-0.3, -0.25) is 14.4 Å². The van der Waals surface area contributed by atoms with Crippen LogP contribution in [0.4, 0.5) is 5.69 Å². The summed E-state index contributed by atoms with van der Waals surface area (Å²) in [5.74, 6) is -2.86. The van der Waals surface area contributed by atoms with Crippen molar-refractivity contribution in [2.24, 2.45) is 11.8 Å². The third kappa shape index (κ3) is 3.54. The number of carbonyl (C=O) groups excluding carboxylic acids is 3. The van der Waals surface area contributed by atoms with Gasteiger partial charge in [-0.1, -0.05) is 39.7 Å². The van der Waals surface area contributed by atoms with Crippen LogP contribution in [0.1, 0.15) is 25.3 Å². The number of hydrogen-bond donors (Lipinski definition) is 2. The average molecular weight is 530 g/mol. The number of nitrogens with one attached hydrogen (secondary N) is 1. The van der Waals surface area contributed by atoms with Crippen molar-refractivity contribution in [3.8, 4) is 0 Å². The first kappa shape index (κ1) is 23.5. The molecule has 174 valence electrons. The number of rotatable bonds is 7. The molecule has 3 aliphatic rings. The number of aliphatic hydroxyl groups is 1. The Kier molecular flexibility index (Phi) is 6.55. The fourth-order valence-electron chi connectivity index (χ4n) is 5.40. The topological polar surface area (TPSA) is 105 Å². The van der Waals surface area contributed by atoms with Crippen molar-refractivity contribution < 1.29 is 29.0 Å². The van der Waals surface area contributed by atoms with Crippen LogP contribution in [0.25, 0.3) is 0 Å². The van der Waals surface area contributed by atoms with Crippen LogP contribution in [-0.4, -0.2) is 70.1 Å². The van der Waals surface area contributed by atoms with Gasteiger partial charge in [0.1, 0.15) is 11.6 Å². The molecule has 1 aromatic carbocycles. The molecule has 0 saturated carbocycles. The Balaban J connectivity index is 1.73. The fourth-order valence-corrected chi connectivity index (χ4v) is 6.61. The van der Waals surface area contributed by atoms with Gasteiger partial charge in [0.25, 0.3) is 0 Å². The predicted octanol–water partition coefficient (Wildman–Crippen LogP) is 2.28. The van der Waals surface area contributed by atoms with Gasteiger partial charge in [-0.05, 0) is 38.3 Å². The lowest BCUT2D eigenvalue weighted by atomic mass is 9.70. The minimum absolute atomic E-state index is 0.134. The molecule has 0 aromatic heterocycles. The van der Waals surface area contributed by atoms with E-state index in [1.807, 2.05) is 13.0 Å². The number of carbonyl (C=O) groups is 3. The molecule has 0 aliphatic carbocycles. The summed E-state index contributed by atoms with van der Waals surface area (Å²) in [6, 6.07) is 4.33. The van der Waals surface area contributed by atoms with Gasteiger partial charge in [0.05, 0.1) is 35.3 Å². The van der Waals surface area contributed by atoms with Crippen LogP contribution in [-0.2, 0) is 23.9 Å². The maximum atomic E-state index is 13.6. The highest BCUT2D eigenvalue weighted by atomic mass is 79.9. The van der Waals surface area contributed by atoms with Gasteiger partial charge < -0.3 is 24.8 Å². The van der Waals surface area contributed by atoms with Crippen molar-refractivity contribution in [1.29, 1.82) is 0 Å². The number of para-hydroxylation sites is 1. The maximum absolute atomic E-state index is 13.6. The molecule has 8 nitrogen and oxygen atoms in total. The summed E-state index contributed by atoms with van der Waals surface area (Å²) < 4.78 is 11.6. The van der Waals surface area contributed by atoms with Crippen molar-refractivity contribution in [2.75, 3.05) is 25.1 Å². The fraction of sp³-hybridized carbons (Fsp3) is 0.591. The monoisotopic (exact) mass is 528 g/mol. The molecule has 2 amide bonds.